The summed E-state index contributed by atoms with van der Waals surface area (Å²) in [7, 11) is 0. The third-order valence-corrected chi connectivity index (χ3v) is 2.45. The average molecular weight is 254 g/mol. The molecule has 0 saturated carbocycles. The number of aryl methyl sites for hydroxylation is 1. The van der Waals surface area contributed by atoms with Crippen LogP contribution in [0.3, 0.4) is 0 Å². The Morgan fingerprint density at radius 1 is 1.11 bits per heavy atom. The van der Waals surface area contributed by atoms with Crippen molar-refractivity contribution in [3.63, 3.8) is 0 Å². The number of pyridine rings is 1. The standard InChI is InChI=1S/C12H10N6O/c1-7-5-15-10(16-6-7)11-17-12(19-18-11)9-8(13)3-2-4-14-9/h2-6H,13H2,1H3. The molecular weight excluding hydrogens is 244 g/mol. The van der Waals surface area contributed by atoms with Gasteiger partial charge in [0.15, 0.2) is 5.69 Å². The van der Waals surface area contributed by atoms with E-state index in [1.165, 1.54) is 0 Å². The highest BCUT2D eigenvalue weighted by Crippen LogP contribution is 2.22. The molecule has 0 fully saturated rings. The molecule has 7 heteroatoms. The van der Waals surface area contributed by atoms with Gasteiger partial charge in [0.05, 0.1) is 5.69 Å². The molecule has 0 spiro atoms. The first kappa shape index (κ1) is 11.3. The average Bonchev–Trinajstić information content (AvgIpc) is 2.89. The molecule has 0 bridgehead atoms. The molecule has 7 nitrogen and oxygen atoms in total. The van der Waals surface area contributed by atoms with Gasteiger partial charge in [0.25, 0.3) is 5.89 Å². The normalized spacial score (nSPS) is 10.6. The first-order chi connectivity index (χ1) is 9.24. The van der Waals surface area contributed by atoms with E-state index in [-0.39, 0.29) is 5.89 Å². The molecule has 3 aromatic heterocycles. The molecule has 3 aromatic rings. The fourth-order valence-corrected chi connectivity index (χ4v) is 1.51. The van der Waals surface area contributed by atoms with E-state index in [0.29, 0.717) is 23.0 Å². The molecule has 2 N–H and O–H groups in total. The maximum atomic E-state index is 5.80. The zero-order valence-electron chi connectivity index (χ0n) is 10.1. The van der Waals surface area contributed by atoms with Crippen molar-refractivity contribution in [2.45, 2.75) is 6.92 Å². The van der Waals surface area contributed by atoms with E-state index in [0.717, 1.165) is 5.56 Å². The van der Waals surface area contributed by atoms with E-state index < -0.39 is 0 Å². The molecule has 0 amide bonds. The van der Waals surface area contributed by atoms with Crippen LogP contribution in [-0.2, 0) is 0 Å². The summed E-state index contributed by atoms with van der Waals surface area (Å²) in [6.45, 7) is 1.90. The highest BCUT2D eigenvalue weighted by Gasteiger charge is 2.15. The van der Waals surface area contributed by atoms with Crippen molar-refractivity contribution in [3.8, 4) is 23.2 Å². The molecule has 94 valence electrons. The Morgan fingerprint density at radius 2 is 1.89 bits per heavy atom. The number of anilines is 1. The lowest BCUT2D eigenvalue weighted by atomic mass is 10.3. The summed E-state index contributed by atoms with van der Waals surface area (Å²) in [5, 5.41) is 3.83. The molecule has 0 aliphatic carbocycles. The van der Waals surface area contributed by atoms with Crippen molar-refractivity contribution < 1.29 is 4.52 Å². The van der Waals surface area contributed by atoms with Crippen molar-refractivity contribution in [1.29, 1.82) is 0 Å². The van der Waals surface area contributed by atoms with E-state index in [4.69, 9.17) is 10.3 Å². The van der Waals surface area contributed by atoms with Gasteiger partial charge in [-0.25, -0.2) is 15.0 Å². The van der Waals surface area contributed by atoms with Crippen molar-refractivity contribution in [2.24, 2.45) is 0 Å². The molecule has 0 unspecified atom stereocenters. The Morgan fingerprint density at radius 3 is 2.63 bits per heavy atom. The van der Waals surface area contributed by atoms with E-state index >= 15 is 0 Å². The lowest BCUT2D eigenvalue weighted by molar-refractivity contribution is 0.430. The summed E-state index contributed by atoms with van der Waals surface area (Å²) in [4.78, 5) is 16.6. The zero-order valence-corrected chi connectivity index (χ0v) is 10.1. The first-order valence-electron chi connectivity index (χ1n) is 5.57. The van der Waals surface area contributed by atoms with Crippen molar-refractivity contribution in [1.82, 2.24) is 25.1 Å². The van der Waals surface area contributed by atoms with Crippen molar-refractivity contribution >= 4 is 5.69 Å². The second kappa shape index (κ2) is 4.45. The third-order valence-electron chi connectivity index (χ3n) is 2.45. The van der Waals surface area contributed by atoms with Gasteiger partial charge in [0.1, 0.15) is 0 Å². The monoisotopic (exact) mass is 254 g/mol. The van der Waals surface area contributed by atoms with Gasteiger partial charge in [-0.3, -0.25) is 0 Å². The van der Waals surface area contributed by atoms with Gasteiger partial charge >= 0.3 is 0 Å². The summed E-state index contributed by atoms with van der Waals surface area (Å²) >= 11 is 0. The number of nitrogens with two attached hydrogens (primary N) is 1. The number of nitrogen functional groups attached to an aromatic ring is 1. The molecule has 0 aromatic carbocycles. The number of rotatable bonds is 2. The number of aromatic nitrogens is 5. The zero-order chi connectivity index (χ0) is 13.2. The molecule has 0 aliphatic heterocycles. The van der Waals surface area contributed by atoms with Crippen LogP contribution in [0.25, 0.3) is 23.2 Å². The van der Waals surface area contributed by atoms with Crippen LogP contribution in [0.15, 0.2) is 35.2 Å². The predicted molar refractivity (Wildman–Crippen MR) is 67.7 cm³/mol. The predicted octanol–water partition coefficient (Wildman–Crippen LogP) is 1.48. The van der Waals surface area contributed by atoms with Crippen LogP contribution in [0.4, 0.5) is 5.69 Å². The van der Waals surface area contributed by atoms with E-state index in [9.17, 15) is 0 Å². The summed E-state index contributed by atoms with van der Waals surface area (Å²) in [6.07, 6.45) is 4.99. The van der Waals surface area contributed by atoms with Gasteiger partial charge in [0, 0.05) is 18.6 Å². The molecule has 3 heterocycles. The smallest absolute Gasteiger partial charge is 0.279 e. The van der Waals surface area contributed by atoms with Gasteiger partial charge in [-0.05, 0) is 24.6 Å². The minimum atomic E-state index is 0.247. The van der Waals surface area contributed by atoms with Crippen molar-refractivity contribution in [3.05, 3.63) is 36.3 Å². The molecule has 3 rings (SSSR count). The van der Waals surface area contributed by atoms with Gasteiger partial charge < -0.3 is 10.3 Å². The van der Waals surface area contributed by atoms with E-state index in [1.54, 1.807) is 30.7 Å². The summed E-state index contributed by atoms with van der Waals surface area (Å²) < 4.78 is 5.13. The molecule has 0 saturated heterocycles. The molecule has 0 atom stereocenters. The number of hydrogen-bond acceptors (Lipinski definition) is 7. The highest BCUT2D eigenvalue weighted by molar-refractivity contribution is 5.66. The van der Waals surface area contributed by atoms with Crippen molar-refractivity contribution in [2.75, 3.05) is 5.73 Å². The second-order valence-electron chi connectivity index (χ2n) is 3.95. The van der Waals surface area contributed by atoms with Crippen LogP contribution in [0.1, 0.15) is 5.56 Å². The Kier molecular flexibility index (Phi) is 2.64. The van der Waals surface area contributed by atoms with E-state index in [1.807, 2.05) is 6.92 Å². The largest absolute Gasteiger partial charge is 0.397 e. The van der Waals surface area contributed by atoms with Crippen LogP contribution in [0.2, 0.25) is 0 Å². The lowest BCUT2D eigenvalue weighted by Crippen LogP contribution is -1.93. The highest BCUT2D eigenvalue weighted by atomic mass is 16.5. The number of hydrogen-bond donors (Lipinski definition) is 1. The van der Waals surface area contributed by atoms with Gasteiger partial charge in [-0.1, -0.05) is 5.16 Å². The Balaban J connectivity index is 2.00. The SMILES string of the molecule is Cc1cnc(-c2noc(-c3ncccc3N)n2)nc1. The number of nitrogens with zero attached hydrogens (tertiary/aromatic N) is 5. The third kappa shape index (κ3) is 2.13. The fraction of sp³-hybridized carbons (Fsp3) is 0.0833. The van der Waals surface area contributed by atoms with Gasteiger partial charge in [0.2, 0.25) is 11.6 Å². The van der Waals surface area contributed by atoms with Crippen LogP contribution in [-0.4, -0.2) is 25.1 Å². The maximum Gasteiger partial charge on any atom is 0.279 e. The Hall–Kier alpha value is -2.83. The minimum absolute atomic E-state index is 0.247. The maximum absolute atomic E-state index is 5.80. The summed E-state index contributed by atoms with van der Waals surface area (Å²) in [5.74, 6) is 0.951. The molecule has 19 heavy (non-hydrogen) atoms. The summed E-state index contributed by atoms with van der Waals surface area (Å²) in [6, 6.07) is 3.45. The van der Waals surface area contributed by atoms with Crippen LogP contribution >= 0.6 is 0 Å². The molecule has 0 aliphatic rings. The van der Waals surface area contributed by atoms with Crippen LogP contribution in [0, 0.1) is 6.92 Å². The summed E-state index contributed by atoms with van der Waals surface area (Å²) in [5.41, 5.74) is 7.69. The molecular formula is C12H10N6O. The minimum Gasteiger partial charge on any atom is -0.397 e. The Bertz CT molecular complexity index is 706. The Labute approximate surface area is 108 Å². The first-order valence-corrected chi connectivity index (χ1v) is 5.57. The second-order valence-corrected chi connectivity index (χ2v) is 3.95. The quantitative estimate of drug-likeness (QED) is 0.738. The fourth-order valence-electron chi connectivity index (χ4n) is 1.51. The van der Waals surface area contributed by atoms with Crippen LogP contribution in [0.5, 0.6) is 0 Å². The van der Waals surface area contributed by atoms with Gasteiger partial charge in [-0.15, -0.1) is 0 Å². The van der Waals surface area contributed by atoms with E-state index in [2.05, 4.69) is 25.1 Å². The van der Waals surface area contributed by atoms with Crippen LogP contribution < -0.4 is 5.73 Å². The lowest BCUT2D eigenvalue weighted by Gasteiger charge is -1.96. The van der Waals surface area contributed by atoms with Gasteiger partial charge in [-0.2, -0.15) is 4.98 Å². The topological polar surface area (TPSA) is 104 Å². The molecule has 0 radical (unpaired) electrons.